The van der Waals surface area contributed by atoms with E-state index in [-0.39, 0.29) is 11.5 Å². The number of carbonyl (C=O) groups is 1. The Morgan fingerprint density at radius 1 is 1.21 bits per heavy atom. The van der Waals surface area contributed by atoms with Crippen LogP contribution in [0.4, 0.5) is 0 Å². The van der Waals surface area contributed by atoms with Gasteiger partial charge in [0.1, 0.15) is 10.5 Å². The van der Waals surface area contributed by atoms with Crippen LogP contribution in [0.25, 0.3) is 16.0 Å². The summed E-state index contributed by atoms with van der Waals surface area (Å²) in [5, 5.41) is 13.3. The number of hydrogen-bond donors (Lipinski definition) is 1. The molecule has 1 N–H and O–H groups in total. The van der Waals surface area contributed by atoms with E-state index >= 15 is 0 Å². The highest BCUT2D eigenvalue weighted by Gasteiger charge is 2.17. The van der Waals surface area contributed by atoms with Gasteiger partial charge in [-0.05, 0) is 35.6 Å². The number of aryl methyl sites for hydroxylation is 2. The van der Waals surface area contributed by atoms with Gasteiger partial charge in [-0.1, -0.05) is 6.92 Å². The Hall–Kier alpha value is -3.07. The van der Waals surface area contributed by atoms with E-state index in [9.17, 15) is 9.59 Å². The van der Waals surface area contributed by atoms with Gasteiger partial charge in [0.25, 0.3) is 5.56 Å². The van der Waals surface area contributed by atoms with Crippen LogP contribution < -0.4 is 10.9 Å². The largest absolute Gasteiger partial charge is 0.352 e. The number of nitrogens with one attached hydrogen (secondary N) is 1. The second kappa shape index (κ2) is 7.89. The molecule has 144 valence electrons. The molecule has 0 aliphatic carbocycles. The molecule has 0 fully saturated rings. The summed E-state index contributed by atoms with van der Waals surface area (Å²) in [4.78, 5) is 28.9. The molecule has 1 amide bonds. The normalized spacial score (nSPS) is 11.3. The number of thiophene rings is 1. The molecule has 0 saturated heterocycles. The number of nitrogens with zero attached hydrogens (tertiary/aromatic N) is 5. The molecule has 0 bridgehead atoms. The lowest BCUT2D eigenvalue weighted by Gasteiger charge is -2.08. The minimum atomic E-state index is -0.0583. The minimum Gasteiger partial charge on any atom is -0.352 e. The Bertz CT molecular complexity index is 1180. The Labute approximate surface area is 164 Å². The van der Waals surface area contributed by atoms with E-state index in [1.54, 1.807) is 17.0 Å². The predicted molar refractivity (Wildman–Crippen MR) is 107 cm³/mol. The van der Waals surface area contributed by atoms with Crippen molar-refractivity contribution in [1.82, 2.24) is 29.5 Å². The quantitative estimate of drug-likeness (QED) is 0.517. The lowest BCUT2D eigenvalue weighted by Crippen LogP contribution is -2.24. The fourth-order valence-corrected chi connectivity index (χ4v) is 4.01. The van der Waals surface area contributed by atoms with Gasteiger partial charge in [-0.15, -0.1) is 21.5 Å². The standard InChI is InChI=1S/C19H20N6O2S/c1-2-10-24-18(27)17-14(7-11-28-17)25-15(22-23-19(24)25)3-4-16(26)21-12-13-5-8-20-9-6-13/h5-9,11H,2-4,10,12H2,1H3,(H,21,26). The smallest absolute Gasteiger partial charge is 0.272 e. The zero-order chi connectivity index (χ0) is 19.5. The maximum atomic E-state index is 12.7. The van der Waals surface area contributed by atoms with Gasteiger partial charge in [-0.2, -0.15) is 0 Å². The van der Waals surface area contributed by atoms with Crippen LogP contribution in [-0.2, 0) is 24.3 Å². The van der Waals surface area contributed by atoms with Crippen LogP contribution >= 0.6 is 11.3 Å². The van der Waals surface area contributed by atoms with Gasteiger partial charge < -0.3 is 5.32 Å². The van der Waals surface area contributed by atoms with Crippen molar-refractivity contribution in [3.63, 3.8) is 0 Å². The summed E-state index contributed by atoms with van der Waals surface area (Å²) in [5.74, 6) is 1.16. The Morgan fingerprint density at radius 2 is 2.04 bits per heavy atom. The molecule has 0 aromatic carbocycles. The van der Waals surface area contributed by atoms with Crippen LogP contribution in [0.3, 0.4) is 0 Å². The van der Waals surface area contributed by atoms with Crippen molar-refractivity contribution < 1.29 is 4.79 Å². The van der Waals surface area contributed by atoms with E-state index in [0.717, 1.165) is 17.5 Å². The van der Waals surface area contributed by atoms with Crippen molar-refractivity contribution in [2.75, 3.05) is 0 Å². The third-order valence-electron chi connectivity index (χ3n) is 4.54. The van der Waals surface area contributed by atoms with Gasteiger partial charge in [0, 0.05) is 38.3 Å². The van der Waals surface area contributed by atoms with Gasteiger partial charge >= 0.3 is 0 Å². The summed E-state index contributed by atoms with van der Waals surface area (Å²) in [6, 6.07) is 5.64. The first-order chi connectivity index (χ1) is 13.7. The minimum absolute atomic E-state index is 0.0339. The van der Waals surface area contributed by atoms with Crippen LogP contribution in [-0.4, -0.2) is 30.1 Å². The van der Waals surface area contributed by atoms with Crippen LogP contribution in [0.2, 0.25) is 0 Å². The first-order valence-corrected chi connectivity index (χ1v) is 10.1. The fraction of sp³-hybridized carbons (Fsp3) is 0.316. The van der Waals surface area contributed by atoms with Crippen molar-refractivity contribution in [3.8, 4) is 0 Å². The molecule has 0 saturated carbocycles. The van der Waals surface area contributed by atoms with Crippen molar-refractivity contribution in [2.24, 2.45) is 0 Å². The molecule has 0 unspecified atom stereocenters. The first-order valence-electron chi connectivity index (χ1n) is 9.18. The molecular formula is C19H20N6O2S. The fourth-order valence-electron chi connectivity index (χ4n) is 3.18. The second-order valence-electron chi connectivity index (χ2n) is 6.48. The first kappa shape index (κ1) is 18.3. The maximum absolute atomic E-state index is 12.7. The van der Waals surface area contributed by atoms with Gasteiger partial charge in [-0.25, -0.2) is 0 Å². The van der Waals surface area contributed by atoms with Gasteiger partial charge in [0.15, 0.2) is 0 Å². The Morgan fingerprint density at radius 3 is 2.82 bits per heavy atom. The van der Waals surface area contributed by atoms with E-state index < -0.39 is 0 Å². The molecule has 0 radical (unpaired) electrons. The summed E-state index contributed by atoms with van der Waals surface area (Å²) in [6.45, 7) is 3.07. The van der Waals surface area contributed by atoms with E-state index in [0.29, 0.717) is 42.2 Å². The van der Waals surface area contributed by atoms with Crippen molar-refractivity contribution in [3.05, 3.63) is 57.7 Å². The monoisotopic (exact) mass is 396 g/mol. The topological polar surface area (TPSA) is 94.2 Å². The average molecular weight is 396 g/mol. The van der Waals surface area contributed by atoms with Crippen molar-refractivity contribution >= 4 is 33.2 Å². The van der Waals surface area contributed by atoms with Crippen molar-refractivity contribution in [1.29, 1.82) is 0 Å². The third-order valence-corrected chi connectivity index (χ3v) is 5.43. The number of aromatic nitrogens is 5. The molecule has 0 atom stereocenters. The molecule has 0 spiro atoms. The van der Waals surface area contributed by atoms with Gasteiger partial charge in [-0.3, -0.25) is 23.5 Å². The van der Waals surface area contributed by atoms with Crippen molar-refractivity contribution in [2.45, 2.75) is 39.3 Å². The molecule has 0 aliphatic rings. The molecule has 9 heteroatoms. The van der Waals surface area contributed by atoms with Crippen LogP contribution in [0.1, 0.15) is 31.2 Å². The predicted octanol–water partition coefficient (Wildman–Crippen LogP) is 2.16. The zero-order valence-electron chi connectivity index (χ0n) is 15.5. The number of hydrogen-bond acceptors (Lipinski definition) is 6. The molecule has 8 nitrogen and oxygen atoms in total. The number of fused-ring (bicyclic) bond motifs is 3. The highest BCUT2D eigenvalue weighted by Crippen LogP contribution is 2.20. The third kappa shape index (κ3) is 3.40. The highest BCUT2D eigenvalue weighted by atomic mass is 32.1. The summed E-state index contributed by atoms with van der Waals surface area (Å²) in [6.07, 6.45) is 4.96. The molecule has 4 aromatic heterocycles. The summed E-state index contributed by atoms with van der Waals surface area (Å²) in [7, 11) is 0. The number of carbonyl (C=O) groups excluding carboxylic acids is 1. The summed E-state index contributed by atoms with van der Waals surface area (Å²) >= 11 is 1.42. The van der Waals surface area contributed by atoms with E-state index in [1.165, 1.54) is 11.3 Å². The van der Waals surface area contributed by atoms with Gasteiger partial charge in [0.05, 0.1) is 5.52 Å². The number of pyridine rings is 1. The summed E-state index contributed by atoms with van der Waals surface area (Å²) < 4.78 is 4.25. The highest BCUT2D eigenvalue weighted by molar-refractivity contribution is 7.17. The molecule has 4 aromatic rings. The Balaban J connectivity index is 1.56. The van der Waals surface area contributed by atoms with E-state index in [4.69, 9.17) is 0 Å². The van der Waals surface area contributed by atoms with Crippen LogP contribution in [0.15, 0.2) is 40.8 Å². The average Bonchev–Trinajstić information content (AvgIpc) is 3.35. The zero-order valence-corrected chi connectivity index (χ0v) is 16.3. The van der Waals surface area contributed by atoms with Crippen LogP contribution in [0, 0.1) is 0 Å². The van der Waals surface area contributed by atoms with Gasteiger partial charge in [0.2, 0.25) is 11.7 Å². The molecular weight excluding hydrogens is 376 g/mol. The second-order valence-corrected chi connectivity index (χ2v) is 7.39. The maximum Gasteiger partial charge on any atom is 0.272 e. The molecule has 4 heterocycles. The van der Waals surface area contributed by atoms with E-state index in [2.05, 4.69) is 20.5 Å². The van der Waals surface area contributed by atoms with E-state index in [1.807, 2.05) is 34.9 Å². The lowest BCUT2D eigenvalue weighted by atomic mass is 10.2. The van der Waals surface area contributed by atoms with Crippen LogP contribution in [0.5, 0.6) is 0 Å². The molecule has 4 rings (SSSR count). The SMILES string of the molecule is CCCn1c(=O)c2sccc2n2c(CCC(=O)NCc3ccncc3)nnc12. The number of amides is 1. The summed E-state index contributed by atoms with van der Waals surface area (Å²) in [5.41, 5.74) is 1.77. The number of rotatable bonds is 7. The Kier molecular flexibility index (Phi) is 5.16. The molecule has 28 heavy (non-hydrogen) atoms. The lowest BCUT2D eigenvalue weighted by molar-refractivity contribution is -0.121. The molecule has 0 aliphatic heterocycles.